The molecule has 1 heterocycles. The van der Waals surface area contributed by atoms with Crippen molar-refractivity contribution in [3.05, 3.63) is 51.6 Å². The number of rotatable bonds is 4. The molecule has 0 saturated heterocycles. The minimum atomic E-state index is -3.47. The molecule has 1 aromatic carbocycles. The number of nitrogens with zero attached hydrogens (tertiary/aromatic N) is 1. The van der Waals surface area contributed by atoms with E-state index in [0.717, 1.165) is 6.26 Å². The van der Waals surface area contributed by atoms with Crippen molar-refractivity contribution in [2.75, 3.05) is 12.9 Å². The van der Waals surface area contributed by atoms with Gasteiger partial charge < -0.3 is 15.2 Å². The van der Waals surface area contributed by atoms with Crippen LogP contribution in [0.15, 0.2) is 45.9 Å². The van der Waals surface area contributed by atoms with Crippen LogP contribution in [0.4, 0.5) is 0 Å². The van der Waals surface area contributed by atoms with Crippen LogP contribution in [-0.4, -0.2) is 27.2 Å². The van der Waals surface area contributed by atoms with Crippen LogP contribution in [-0.2, 0) is 24.1 Å². The van der Waals surface area contributed by atoms with E-state index in [1.807, 2.05) is 6.07 Å². The smallest absolute Gasteiger partial charge is 0.338 e. The Hall–Kier alpha value is -2.50. The molecule has 9 heteroatoms. The summed E-state index contributed by atoms with van der Waals surface area (Å²) in [5.74, 6) is -1.55. The highest BCUT2D eigenvalue weighted by atomic mass is 35.5. The molecule has 0 saturated carbocycles. The van der Waals surface area contributed by atoms with Crippen molar-refractivity contribution in [3.63, 3.8) is 0 Å². The molecular weight excluding hydrogens is 380 g/mol. The number of nitriles is 1. The van der Waals surface area contributed by atoms with Crippen LogP contribution in [0.2, 0.25) is 5.02 Å². The summed E-state index contributed by atoms with van der Waals surface area (Å²) >= 11 is 6.28. The molecule has 2 N–H and O–H groups in total. The standard InChI is InChI=1S/C17H17ClN2O5S/c1-4-24-17(21)14-9(2)25-16(20)12(8-19)15(14)11-6-5-10(7-13(11)18)26(3,22)23/h5-7,15H,4,20H2,1-3H3. The monoisotopic (exact) mass is 396 g/mol. The van der Waals surface area contributed by atoms with Gasteiger partial charge in [0.15, 0.2) is 9.84 Å². The van der Waals surface area contributed by atoms with Gasteiger partial charge in [-0.25, -0.2) is 13.2 Å². The normalized spacial score (nSPS) is 17.6. The highest BCUT2D eigenvalue weighted by Gasteiger charge is 2.37. The number of hydrogen-bond acceptors (Lipinski definition) is 7. The number of hydrogen-bond donors (Lipinski definition) is 1. The van der Waals surface area contributed by atoms with Crippen molar-refractivity contribution in [2.24, 2.45) is 5.73 Å². The van der Waals surface area contributed by atoms with Gasteiger partial charge in [0.1, 0.15) is 17.4 Å². The first kappa shape index (κ1) is 19.8. The molecule has 1 unspecified atom stereocenters. The second-order valence-electron chi connectivity index (χ2n) is 5.57. The zero-order valence-electron chi connectivity index (χ0n) is 14.4. The van der Waals surface area contributed by atoms with E-state index in [0.29, 0.717) is 5.56 Å². The minimum Gasteiger partial charge on any atom is -0.463 e. The van der Waals surface area contributed by atoms with E-state index in [1.54, 1.807) is 6.92 Å². The van der Waals surface area contributed by atoms with E-state index in [4.69, 9.17) is 26.8 Å². The molecule has 0 aliphatic carbocycles. The number of halogens is 1. The molecule has 1 aromatic rings. The maximum atomic E-state index is 12.4. The van der Waals surface area contributed by atoms with Crippen LogP contribution in [0.25, 0.3) is 0 Å². The van der Waals surface area contributed by atoms with Gasteiger partial charge in [-0.2, -0.15) is 5.26 Å². The number of sulfone groups is 1. The second kappa shape index (κ2) is 7.40. The fourth-order valence-corrected chi connectivity index (χ4v) is 3.64. The van der Waals surface area contributed by atoms with E-state index >= 15 is 0 Å². The van der Waals surface area contributed by atoms with Crippen molar-refractivity contribution >= 4 is 27.4 Å². The molecule has 138 valence electrons. The molecule has 0 spiro atoms. The van der Waals surface area contributed by atoms with Gasteiger partial charge in [0, 0.05) is 11.3 Å². The minimum absolute atomic E-state index is 0.00680. The summed E-state index contributed by atoms with van der Waals surface area (Å²) in [7, 11) is -3.47. The largest absolute Gasteiger partial charge is 0.463 e. The van der Waals surface area contributed by atoms with E-state index in [2.05, 4.69) is 0 Å². The lowest BCUT2D eigenvalue weighted by Gasteiger charge is -2.27. The van der Waals surface area contributed by atoms with E-state index in [9.17, 15) is 18.5 Å². The maximum Gasteiger partial charge on any atom is 0.338 e. The summed E-state index contributed by atoms with van der Waals surface area (Å²) in [6.45, 7) is 3.30. The lowest BCUT2D eigenvalue weighted by atomic mass is 9.83. The SMILES string of the molecule is CCOC(=O)C1=C(C)OC(N)=C(C#N)C1c1ccc(S(C)(=O)=O)cc1Cl. The lowest BCUT2D eigenvalue weighted by Crippen LogP contribution is -2.25. The molecule has 0 radical (unpaired) electrons. The Kier molecular flexibility index (Phi) is 5.64. The lowest BCUT2D eigenvalue weighted by molar-refractivity contribution is -0.139. The molecular formula is C17H17ClN2O5S. The number of esters is 1. The van der Waals surface area contributed by atoms with Gasteiger partial charge in [0.25, 0.3) is 0 Å². The third-order valence-corrected chi connectivity index (χ3v) is 5.25. The maximum absolute atomic E-state index is 12.4. The molecule has 26 heavy (non-hydrogen) atoms. The molecule has 0 aromatic heterocycles. The summed E-state index contributed by atoms with van der Waals surface area (Å²) < 4.78 is 33.8. The number of ether oxygens (including phenoxy) is 2. The Labute approximate surface area is 156 Å². The zero-order chi connectivity index (χ0) is 19.6. The Balaban J connectivity index is 2.70. The average molecular weight is 397 g/mol. The van der Waals surface area contributed by atoms with Gasteiger partial charge >= 0.3 is 5.97 Å². The Bertz CT molecular complexity index is 973. The van der Waals surface area contributed by atoms with Crippen LogP contribution in [0.1, 0.15) is 25.3 Å². The summed E-state index contributed by atoms with van der Waals surface area (Å²) in [6, 6.07) is 6.01. The van der Waals surface area contributed by atoms with Crippen molar-refractivity contribution in [1.29, 1.82) is 5.26 Å². The van der Waals surface area contributed by atoms with Gasteiger partial charge in [0.2, 0.25) is 5.88 Å². The number of nitrogens with two attached hydrogens (primary N) is 1. The first-order chi connectivity index (χ1) is 12.1. The molecule has 1 aliphatic heterocycles. The quantitative estimate of drug-likeness (QED) is 0.775. The van der Waals surface area contributed by atoms with Gasteiger partial charge in [0.05, 0.1) is 23.0 Å². The molecule has 0 bridgehead atoms. The van der Waals surface area contributed by atoms with E-state index in [-0.39, 0.29) is 39.3 Å². The van der Waals surface area contributed by atoms with Crippen LogP contribution in [0.3, 0.4) is 0 Å². The molecule has 1 atom stereocenters. The van der Waals surface area contributed by atoms with Gasteiger partial charge in [-0.05, 0) is 31.5 Å². The Morgan fingerprint density at radius 3 is 2.62 bits per heavy atom. The highest BCUT2D eigenvalue weighted by Crippen LogP contribution is 2.42. The third-order valence-electron chi connectivity index (χ3n) is 3.81. The van der Waals surface area contributed by atoms with Crippen molar-refractivity contribution in [2.45, 2.75) is 24.7 Å². The average Bonchev–Trinajstić information content (AvgIpc) is 2.53. The Morgan fingerprint density at radius 1 is 1.46 bits per heavy atom. The van der Waals surface area contributed by atoms with Gasteiger partial charge in [-0.15, -0.1) is 0 Å². The van der Waals surface area contributed by atoms with Crippen molar-refractivity contribution in [1.82, 2.24) is 0 Å². The van der Waals surface area contributed by atoms with Crippen LogP contribution < -0.4 is 5.73 Å². The predicted molar refractivity (Wildman–Crippen MR) is 94.5 cm³/mol. The van der Waals surface area contributed by atoms with Gasteiger partial charge in [-0.3, -0.25) is 0 Å². The molecule has 1 aliphatic rings. The van der Waals surface area contributed by atoms with Gasteiger partial charge in [-0.1, -0.05) is 17.7 Å². The summed E-state index contributed by atoms with van der Waals surface area (Å²) in [6.07, 6.45) is 1.06. The summed E-state index contributed by atoms with van der Waals surface area (Å²) in [5, 5.41) is 9.58. The first-order valence-electron chi connectivity index (χ1n) is 7.56. The van der Waals surface area contributed by atoms with Crippen LogP contribution in [0.5, 0.6) is 0 Å². The third kappa shape index (κ3) is 3.69. The zero-order valence-corrected chi connectivity index (χ0v) is 15.9. The molecule has 7 nitrogen and oxygen atoms in total. The highest BCUT2D eigenvalue weighted by molar-refractivity contribution is 7.90. The van der Waals surface area contributed by atoms with E-state index in [1.165, 1.54) is 25.1 Å². The Morgan fingerprint density at radius 2 is 2.12 bits per heavy atom. The van der Waals surface area contributed by atoms with Crippen LogP contribution in [0, 0.1) is 11.3 Å². The number of carbonyl (C=O) groups excluding carboxylic acids is 1. The number of allylic oxidation sites excluding steroid dienone is 2. The number of carbonyl (C=O) groups is 1. The van der Waals surface area contributed by atoms with Crippen molar-refractivity contribution in [3.8, 4) is 6.07 Å². The first-order valence-corrected chi connectivity index (χ1v) is 9.83. The predicted octanol–water partition coefficient (Wildman–Crippen LogP) is 2.39. The summed E-state index contributed by atoms with van der Waals surface area (Å²) in [4.78, 5) is 12.4. The fraction of sp³-hybridized carbons (Fsp3) is 0.294. The fourth-order valence-electron chi connectivity index (χ4n) is 2.64. The molecule has 0 amide bonds. The number of benzene rings is 1. The van der Waals surface area contributed by atoms with Crippen LogP contribution >= 0.6 is 11.6 Å². The summed E-state index contributed by atoms with van der Waals surface area (Å²) in [5.41, 5.74) is 6.24. The second-order valence-corrected chi connectivity index (χ2v) is 7.99. The van der Waals surface area contributed by atoms with Crippen molar-refractivity contribution < 1.29 is 22.7 Å². The molecule has 2 rings (SSSR count). The molecule has 0 fully saturated rings. The topological polar surface area (TPSA) is 119 Å². The van der Waals surface area contributed by atoms with E-state index < -0.39 is 21.7 Å².